The molecule has 0 saturated heterocycles. The zero-order valence-corrected chi connectivity index (χ0v) is 15.5. The van der Waals surface area contributed by atoms with Crippen molar-refractivity contribution in [2.24, 2.45) is 5.73 Å². The number of nitrogens with two attached hydrogens (primary N) is 1. The van der Waals surface area contributed by atoms with Crippen LogP contribution in [-0.2, 0) is 17.4 Å². The van der Waals surface area contributed by atoms with Crippen LogP contribution in [0.25, 0.3) is 11.1 Å². The summed E-state index contributed by atoms with van der Waals surface area (Å²) in [5.41, 5.74) is 7.02. The first-order chi connectivity index (χ1) is 13.8. The van der Waals surface area contributed by atoms with Crippen LogP contribution in [0, 0.1) is 0 Å². The van der Waals surface area contributed by atoms with Crippen LogP contribution in [0.15, 0.2) is 54.9 Å². The van der Waals surface area contributed by atoms with Crippen molar-refractivity contribution >= 4 is 11.6 Å². The minimum Gasteiger partial charge on any atom is -0.496 e. The summed E-state index contributed by atoms with van der Waals surface area (Å²) in [6.45, 7) is 0. The molecular weight excluding hydrogens is 385 g/mol. The molecule has 1 aromatic heterocycles. The minimum absolute atomic E-state index is 0.0319. The van der Waals surface area contributed by atoms with Crippen molar-refractivity contribution in [3.8, 4) is 16.9 Å². The van der Waals surface area contributed by atoms with Gasteiger partial charge in [0.25, 0.3) is 0 Å². The highest BCUT2D eigenvalue weighted by Crippen LogP contribution is 2.33. The Morgan fingerprint density at radius 3 is 2.69 bits per heavy atom. The number of carbonyl (C=O) groups is 1. The first-order valence-corrected chi connectivity index (χ1v) is 8.68. The van der Waals surface area contributed by atoms with Crippen LogP contribution < -0.4 is 15.8 Å². The molecule has 0 spiro atoms. The number of aromatic nitrogens is 2. The molecule has 3 aromatic rings. The lowest BCUT2D eigenvalue weighted by Crippen LogP contribution is -2.38. The average molecular weight is 404 g/mol. The van der Waals surface area contributed by atoms with Crippen LogP contribution in [0.5, 0.6) is 5.75 Å². The summed E-state index contributed by atoms with van der Waals surface area (Å²) in [6, 6.07) is 8.91. The van der Waals surface area contributed by atoms with Crippen LogP contribution in [0.4, 0.5) is 18.9 Å². The van der Waals surface area contributed by atoms with Crippen molar-refractivity contribution in [3.05, 3.63) is 66.0 Å². The van der Waals surface area contributed by atoms with Gasteiger partial charge in [-0.2, -0.15) is 18.3 Å². The molecule has 4 N–H and O–H groups in total. The molecule has 0 fully saturated rings. The number of halogens is 3. The van der Waals surface area contributed by atoms with Gasteiger partial charge >= 0.3 is 6.18 Å². The lowest BCUT2D eigenvalue weighted by molar-refractivity contribution is -0.138. The second kappa shape index (κ2) is 8.36. The van der Waals surface area contributed by atoms with Gasteiger partial charge in [0.05, 0.1) is 24.9 Å². The number of aromatic amines is 1. The molecule has 0 aliphatic heterocycles. The second-order valence-corrected chi connectivity index (χ2v) is 6.36. The number of rotatable bonds is 6. The number of hydrogen-bond donors (Lipinski definition) is 3. The Labute approximate surface area is 164 Å². The summed E-state index contributed by atoms with van der Waals surface area (Å²) in [5, 5.41) is 9.21. The maximum atomic E-state index is 13.1. The fraction of sp³-hybridized carbons (Fsp3) is 0.200. The van der Waals surface area contributed by atoms with Gasteiger partial charge in [-0.3, -0.25) is 9.89 Å². The maximum absolute atomic E-state index is 13.1. The van der Waals surface area contributed by atoms with E-state index in [1.54, 1.807) is 30.6 Å². The maximum Gasteiger partial charge on any atom is 0.416 e. The first-order valence-electron chi connectivity index (χ1n) is 8.68. The van der Waals surface area contributed by atoms with Crippen molar-refractivity contribution in [2.75, 3.05) is 12.4 Å². The molecule has 29 heavy (non-hydrogen) atoms. The lowest BCUT2D eigenvalue weighted by Gasteiger charge is -2.17. The van der Waals surface area contributed by atoms with E-state index in [1.807, 2.05) is 0 Å². The van der Waals surface area contributed by atoms with Crippen LogP contribution in [0.3, 0.4) is 0 Å². The highest BCUT2D eigenvalue weighted by molar-refractivity contribution is 5.95. The predicted octanol–water partition coefficient (Wildman–Crippen LogP) is 3.61. The molecule has 2 aromatic carbocycles. The summed E-state index contributed by atoms with van der Waals surface area (Å²) < 4.78 is 44.7. The third-order valence-corrected chi connectivity index (χ3v) is 4.38. The van der Waals surface area contributed by atoms with Crippen molar-refractivity contribution in [2.45, 2.75) is 18.6 Å². The fourth-order valence-corrected chi connectivity index (χ4v) is 2.95. The number of H-pyrrole nitrogens is 1. The molecule has 0 aliphatic rings. The number of anilines is 1. The van der Waals surface area contributed by atoms with Crippen molar-refractivity contribution < 1.29 is 22.7 Å². The molecule has 0 radical (unpaired) electrons. The van der Waals surface area contributed by atoms with Crippen LogP contribution in [0.1, 0.15) is 11.1 Å². The molecule has 1 heterocycles. The second-order valence-electron chi connectivity index (χ2n) is 6.36. The highest BCUT2D eigenvalue weighted by Gasteiger charge is 2.33. The topological polar surface area (TPSA) is 93.0 Å². The monoisotopic (exact) mass is 404 g/mol. The van der Waals surface area contributed by atoms with Gasteiger partial charge in [-0.1, -0.05) is 18.2 Å². The third kappa shape index (κ3) is 4.75. The molecule has 152 valence electrons. The molecule has 0 bridgehead atoms. The lowest BCUT2D eigenvalue weighted by atomic mass is 9.99. The van der Waals surface area contributed by atoms with Gasteiger partial charge in [0, 0.05) is 29.1 Å². The van der Waals surface area contributed by atoms with E-state index in [-0.39, 0.29) is 12.0 Å². The molecule has 3 rings (SSSR count). The van der Waals surface area contributed by atoms with Crippen molar-refractivity contribution in [1.82, 2.24) is 10.2 Å². The zero-order chi connectivity index (χ0) is 21.0. The van der Waals surface area contributed by atoms with Crippen LogP contribution >= 0.6 is 0 Å². The van der Waals surface area contributed by atoms with Gasteiger partial charge in [0.1, 0.15) is 5.75 Å². The molecule has 0 unspecified atom stereocenters. The first kappa shape index (κ1) is 20.4. The highest BCUT2D eigenvalue weighted by atomic mass is 19.4. The third-order valence-electron chi connectivity index (χ3n) is 4.38. The summed E-state index contributed by atoms with van der Waals surface area (Å²) in [4.78, 5) is 12.4. The summed E-state index contributed by atoms with van der Waals surface area (Å²) in [6.07, 6.45) is -1.43. The standard InChI is InChI=1S/C20H19F3N4O2/c1-29-18-9-14(6-7-15(18)13-10-25-26-11-13)27-19(28)17(24)8-12-4-2-3-5-16(12)20(21,22)23/h2-7,9-11,17H,8,24H2,1H3,(H,25,26)(H,27,28)/t17-/m1/s1. The molecule has 6 nitrogen and oxygen atoms in total. The van der Waals surface area contributed by atoms with E-state index in [1.165, 1.54) is 25.3 Å². The normalized spacial score (nSPS) is 12.4. The number of hydrogen-bond acceptors (Lipinski definition) is 4. The quantitative estimate of drug-likeness (QED) is 0.585. The predicted molar refractivity (Wildman–Crippen MR) is 102 cm³/mol. The number of nitrogens with one attached hydrogen (secondary N) is 2. The van der Waals surface area contributed by atoms with Gasteiger partial charge in [-0.25, -0.2) is 0 Å². The number of ether oxygens (including phenoxy) is 1. The molecule has 0 saturated carbocycles. The Morgan fingerprint density at radius 1 is 1.28 bits per heavy atom. The molecule has 0 aliphatic carbocycles. The van der Waals surface area contributed by atoms with E-state index in [2.05, 4.69) is 15.5 Å². The zero-order valence-electron chi connectivity index (χ0n) is 15.5. The Morgan fingerprint density at radius 2 is 2.03 bits per heavy atom. The largest absolute Gasteiger partial charge is 0.496 e. The molecule has 9 heteroatoms. The smallest absolute Gasteiger partial charge is 0.416 e. The van der Waals surface area contributed by atoms with E-state index < -0.39 is 23.7 Å². The number of alkyl halides is 3. The van der Waals surface area contributed by atoms with Gasteiger partial charge in [-0.15, -0.1) is 0 Å². The SMILES string of the molecule is COc1cc(NC(=O)[C@H](N)Cc2ccccc2C(F)(F)F)ccc1-c1cn[nH]c1. The summed E-state index contributed by atoms with van der Waals surface area (Å²) >= 11 is 0. The summed E-state index contributed by atoms with van der Waals surface area (Å²) in [7, 11) is 1.49. The summed E-state index contributed by atoms with van der Waals surface area (Å²) in [5.74, 6) is -0.0970. The van der Waals surface area contributed by atoms with E-state index in [9.17, 15) is 18.0 Å². The van der Waals surface area contributed by atoms with E-state index >= 15 is 0 Å². The van der Waals surface area contributed by atoms with E-state index in [0.29, 0.717) is 11.4 Å². The van der Waals surface area contributed by atoms with Gasteiger partial charge in [0.2, 0.25) is 5.91 Å². The van der Waals surface area contributed by atoms with Crippen LogP contribution in [-0.4, -0.2) is 29.3 Å². The van der Waals surface area contributed by atoms with Crippen molar-refractivity contribution in [1.29, 1.82) is 0 Å². The fourth-order valence-electron chi connectivity index (χ4n) is 2.95. The van der Waals surface area contributed by atoms with E-state index in [4.69, 9.17) is 10.5 Å². The van der Waals surface area contributed by atoms with Gasteiger partial charge in [0.15, 0.2) is 0 Å². The molecule has 1 atom stereocenters. The van der Waals surface area contributed by atoms with Crippen molar-refractivity contribution in [3.63, 3.8) is 0 Å². The van der Waals surface area contributed by atoms with Gasteiger partial charge in [-0.05, 0) is 30.2 Å². The molecule has 1 amide bonds. The average Bonchev–Trinajstić information content (AvgIpc) is 3.22. The van der Waals surface area contributed by atoms with Gasteiger partial charge < -0.3 is 15.8 Å². The molecular formula is C20H19F3N4O2. The number of amides is 1. The Hall–Kier alpha value is -3.33. The number of nitrogens with zero attached hydrogens (tertiary/aromatic N) is 1. The Balaban J connectivity index is 1.74. The van der Waals surface area contributed by atoms with Crippen LogP contribution in [0.2, 0.25) is 0 Å². The Bertz CT molecular complexity index is 988. The Kier molecular flexibility index (Phi) is 5.88. The number of methoxy groups -OCH3 is 1. The van der Waals surface area contributed by atoms with E-state index in [0.717, 1.165) is 17.2 Å². The number of carbonyl (C=O) groups excluding carboxylic acids is 1. The minimum atomic E-state index is -4.51. The number of benzene rings is 2.